The van der Waals surface area contributed by atoms with Gasteiger partial charge in [0.05, 0.1) is 12.2 Å². The van der Waals surface area contributed by atoms with E-state index in [2.05, 4.69) is 6.92 Å². The molecule has 0 aliphatic rings. The molecule has 0 amide bonds. The Labute approximate surface area is 128 Å². The quantitative estimate of drug-likeness (QED) is 0.308. The van der Waals surface area contributed by atoms with Crippen LogP contribution in [-0.2, 0) is 13.6 Å². The molecular weight excluding hydrogens is 297 g/mol. The molecule has 0 radical (unpaired) electrons. The van der Waals surface area contributed by atoms with Crippen LogP contribution in [-0.4, -0.2) is 17.9 Å². The molecule has 0 aromatic carbocycles. The normalized spacial score (nSPS) is 13.4. The van der Waals surface area contributed by atoms with Gasteiger partial charge in [0.1, 0.15) is 0 Å². The number of halogens is 2. The second kappa shape index (κ2) is 9.91. The van der Waals surface area contributed by atoms with E-state index >= 15 is 0 Å². The monoisotopic (exact) mass is 328 g/mol. The van der Waals surface area contributed by atoms with Crippen molar-refractivity contribution >= 4 is 7.60 Å². The van der Waals surface area contributed by atoms with Gasteiger partial charge in [-0.3, -0.25) is 4.57 Å². The van der Waals surface area contributed by atoms with Crippen LogP contribution in [0.25, 0.3) is 0 Å². The van der Waals surface area contributed by atoms with Gasteiger partial charge in [-0.25, -0.2) is 0 Å². The average Bonchev–Trinajstić information content (AvgIpc) is 2.31. The fourth-order valence-corrected chi connectivity index (χ4v) is 3.89. The van der Waals surface area contributed by atoms with Crippen LogP contribution in [0.1, 0.15) is 79.6 Å². The lowest BCUT2D eigenvalue weighted by Gasteiger charge is -2.29. The Morgan fingerprint density at radius 2 is 1.33 bits per heavy atom. The maximum Gasteiger partial charge on any atom is 0.400 e. The van der Waals surface area contributed by atoms with E-state index in [1.54, 1.807) is 27.7 Å². The van der Waals surface area contributed by atoms with Crippen molar-refractivity contribution in [1.82, 2.24) is 0 Å². The molecular formula is C15H31F2O3P. The van der Waals surface area contributed by atoms with Crippen molar-refractivity contribution in [3.05, 3.63) is 0 Å². The summed E-state index contributed by atoms with van der Waals surface area (Å²) in [6, 6.07) is 0. The Bertz CT molecular complexity index is 306. The lowest BCUT2D eigenvalue weighted by Crippen LogP contribution is -2.24. The van der Waals surface area contributed by atoms with Crippen molar-refractivity contribution in [3.63, 3.8) is 0 Å². The first-order valence-corrected chi connectivity index (χ1v) is 9.53. The van der Waals surface area contributed by atoms with Gasteiger partial charge < -0.3 is 9.05 Å². The second-order valence-electron chi connectivity index (χ2n) is 5.99. The molecule has 128 valence electrons. The summed E-state index contributed by atoms with van der Waals surface area (Å²) >= 11 is 0. The standard InChI is InChI=1S/C15H31F2O3P/c1-6-7-8-9-10-11-12-15(16,17)21(18,19-13(2)3)20-14(4)5/h13-14H,6-12H2,1-5H3. The molecule has 0 heterocycles. The Morgan fingerprint density at radius 1 is 0.905 bits per heavy atom. The predicted octanol–water partition coefficient (Wildman–Crippen LogP) is 6.37. The molecule has 0 bridgehead atoms. The van der Waals surface area contributed by atoms with Crippen molar-refractivity contribution in [2.45, 2.75) is 97.4 Å². The molecule has 0 fully saturated rings. The molecule has 6 heteroatoms. The molecule has 0 aromatic heterocycles. The molecule has 0 N–H and O–H groups in total. The van der Waals surface area contributed by atoms with Crippen molar-refractivity contribution in [2.75, 3.05) is 0 Å². The highest BCUT2D eigenvalue weighted by Gasteiger charge is 2.53. The summed E-state index contributed by atoms with van der Waals surface area (Å²) in [5.74, 6) is 0. The Kier molecular flexibility index (Phi) is 9.92. The van der Waals surface area contributed by atoms with Gasteiger partial charge in [-0.15, -0.1) is 0 Å². The first-order chi connectivity index (χ1) is 9.64. The summed E-state index contributed by atoms with van der Waals surface area (Å²) in [5, 5.41) is 0. The zero-order valence-corrected chi connectivity index (χ0v) is 14.9. The highest BCUT2D eigenvalue weighted by atomic mass is 31.2. The third-order valence-electron chi connectivity index (χ3n) is 2.93. The zero-order valence-electron chi connectivity index (χ0n) is 14.0. The number of hydrogen-bond donors (Lipinski definition) is 0. The highest BCUT2D eigenvalue weighted by Crippen LogP contribution is 2.65. The van der Waals surface area contributed by atoms with Crippen LogP contribution in [0.15, 0.2) is 0 Å². The molecule has 0 aliphatic heterocycles. The minimum absolute atomic E-state index is 0.337. The highest BCUT2D eigenvalue weighted by molar-refractivity contribution is 7.55. The van der Waals surface area contributed by atoms with Crippen LogP contribution in [0.2, 0.25) is 0 Å². The zero-order chi connectivity index (χ0) is 16.5. The van der Waals surface area contributed by atoms with Gasteiger partial charge in [0.25, 0.3) is 0 Å². The molecule has 3 nitrogen and oxygen atoms in total. The number of rotatable bonds is 12. The van der Waals surface area contributed by atoms with Gasteiger partial charge in [-0.2, -0.15) is 8.78 Å². The molecule has 0 atom stereocenters. The summed E-state index contributed by atoms with van der Waals surface area (Å²) < 4.78 is 50.9. The number of hydrogen-bond acceptors (Lipinski definition) is 3. The van der Waals surface area contributed by atoms with E-state index in [0.717, 1.165) is 32.1 Å². The lowest BCUT2D eigenvalue weighted by atomic mass is 10.1. The van der Waals surface area contributed by atoms with E-state index in [-0.39, 0.29) is 0 Å². The third kappa shape index (κ3) is 8.27. The minimum Gasteiger partial charge on any atom is -0.302 e. The van der Waals surface area contributed by atoms with Crippen LogP contribution in [0.5, 0.6) is 0 Å². The van der Waals surface area contributed by atoms with E-state index in [1.165, 1.54) is 0 Å². The van der Waals surface area contributed by atoms with Crippen molar-refractivity contribution in [2.24, 2.45) is 0 Å². The summed E-state index contributed by atoms with van der Waals surface area (Å²) in [7, 11) is -4.43. The number of unbranched alkanes of at least 4 members (excludes halogenated alkanes) is 5. The van der Waals surface area contributed by atoms with Crippen LogP contribution < -0.4 is 0 Å². The first kappa shape index (κ1) is 21.0. The van der Waals surface area contributed by atoms with Gasteiger partial charge in [0.2, 0.25) is 0 Å². The fraction of sp³-hybridized carbons (Fsp3) is 1.00. The molecule has 21 heavy (non-hydrogen) atoms. The molecule has 0 aromatic rings. The summed E-state index contributed by atoms with van der Waals surface area (Å²) in [6.07, 6.45) is 3.72. The van der Waals surface area contributed by atoms with Crippen molar-refractivity contribution < 1.29 is 22.4 Å². The summed E-state index contributed by atoms with van der Waals surface area (Å²) in [4.78, 5) is 0. The van der Waals surface area contributed by atoms with Crippen LogP contribution in [0, 0.1) is 0 Å². The van der Waals surface area contributed by atoms with Gasteiger partial charge in [-0.05, 0) is 34.1 Å². The number of alkyl halides is 2. The van der Waals surface area contributed by atoms with E-state index in [4.69, 9.17) is 9.05 Å². The maximum atomic E-state index is 14.3. The van der Waals surface area contributed by atoms with Crippen LogP contribution >= 0.6 is 7.60 Å². The van der Waals surface area contributed by atoms with E-state index in [0.29, 0.717) is 6.42 Å². The SMILES string of the molecule is CCCCCCCCC(F)(F)P(=O)(OC(C)C)OC(C)C. The third-order valence-corrected chi connectivity index (χ3v) is 5.35. The summed E-state index contributed by atoms with van der Waals surface area (Å²) in [5.41, 5.74) is -3.42. The largest absolute Gasteiger partial charge is 0.400 e. The van der Waals surface area contributed by atoms with Gasteiger partial charge in [0.15, 0.2) is 0 Å². The van der Waals surface area contributed by atoms with Crippen molar-refractivity contribution in [1.29, 1.82) is 0 Å². The van der Waals surface area contributed by atoms with Gasteiger partial charge in [-0.1, -0.05) is 39.0 Å². The molecule has 0 spiro atoms. The van der Waals surface area contributed by atoms with Gasteiger partial charge in [0, 0.05) is 6.42 Å². The first-order valence-electron chi connectivity index (χ1n) is 7.99. The molecule has 0 saturated heterocycles. The Morgan fingerprint density at radius 3 is 1.76 bits per heavy atom. The molecule has 0 saturated carbocycles. The van der Waals surface area contributed by atoms with E-state index < -0.39 is 31.9 Å². The predicted molar refractivity (Wildman–Crippen MR) is 83.0 cm³/mol. The van der Waals surface area contributed by atoms with E-state index in [9.17, 15) is 13.3 Å². The van der Waals surface area contributed by atoms with Crippen LogP contribution in [0.3, 0.4) is 0 Å². The Hall–Kier alpha value is 0.01000. The second-order valence-corrected chi connectivity index (χ2v) is 8.06. The molecule has 0 rings (SSSR count). The minimum atomic E-state index is -4.43. The topological polar surface area (TPSA) is 35.5 Å². The summed E-state index contributed by atoms with van der Waals surface area (Å²) in [6.45, 7) is 8.43. The smallest absolute Gasteiger partial charge is 0.302 e. The Balaban J connectivity index is 4.52. The van der Waals surface area contributed by atoms with Gasteiger partial charge >= 0.3 is 13.3 Å². The molecule has 0 unspecified atom stereocenters. The fourth-order valence-electron chi connectivity index (χ4n) is 1.99. The average molecular weight is 328 g/mol. The van der Waals surface area contributed by atoms with Crippen molar-refractivity contribution in [3.8, 4) is 0 Å². The lowest BCUT2D eigenvalue weighted by molar-refractivity contribution is 0.0122. The molecule has 0 aliphatic carbocycles. The van der Waals surface area contributed by atoms with Crippen LogP contribution in [0.4, 0.5) is 8.78 Å². The van der Waals surface area contributed by atoms with E-state index in [1.807, 2.05) is 0 Å². The maximum absolute atomic E-state index is 14.3.